The van der Waals surface area contributed by atoms with E-state index in [1.54, 1.807) is 23.6 Å². The second-order valence-electron chi connectivity index (χ2n) is 5.88. The first kappa shape index (κ1) is 16.2. The molecule has 0 aliphatic heterocycles. The van der Waals surface area contributed by atoms with Crippen molar-refractivity contribution in [3.8, 4) is 11.3 Å². The van der Waals surface area contributed by atoms with Gasteiger partial charge in [0.05, 0.1) is 11.9 Å². The van der Waals surface area contributed by atoms with Crippen LogP contribution in [0.3, 0.4) is 0 Å². The fourth-order valence-corrected chi connectivity index (χ4v) is 3.42. The molecule has 1 amide bonds. The molecule has 0 aliphatic carbocycles. The molecule has 4 aromatic rings. The maximum Gasteiger partial charge on any atom is 0.289 e. The van der Waals surface area contributed by atoms with Crippen molar-refractivity contribution in [3.63, 3.8) is 0 Å². The molecule has 0 bridgehead atoms. The first-order valence-electron chi connectivity index (χ1n) is 8.13. The molecule has 2 N–H and O–H groups in total. The molecule has 4 rings (SSSR count). The highest BCUT2D eigenvalue weighted by molar-refractivity contribution is 7.13. The summed E-state index contributed by atoms with van der Waals surface area (Å²) in [4.78, 5) is 14.4. The van der Waals surface area contributed by atoms with Crippen molar-refractivity contribution in [2.45, 2.75) is 6.92 Å². The SMILES string of the molecule is Cc1ccc(/C=N\NC(=O)c2cc(-c3ccc4ccccc4c3)n[nH]2)s1. The number of hydrazone groups is 1. The summed E-state index contributed by atoms with van der Waals surface area (Å²) in [7, 11) is 0. The Morgan fingerprint density at radius 2 is 1.96 bits per heavy atom. The summed E-state index contributed by atoms with van der Waals surface area (Å²) in [6, 6.07) is 19.9. The standard InChI is InChI=1S/C20H16N4OS/c1-13-6-9-17(26-13)12-21-24-20(25)19-11-18(22-23-19)16-8-7-14-4-2-3-5-15(14)10-16/h2-12H,1H3,(H,22,23)(H,24,25)/b21-12-. The zero-order valence-corrected chi connectivity index (χ0v) is 14.9. The number of fused-ring (bicyclic) bond motifs is 1. The number of carbonyl (C=O) groups excluding carboxylic acids is 1. The van der Waals surface area contributed by atoms with Gasteiger partial charge in [-0.3, -0.25) is 9.89 Å². The topological polar surface area (TPSA) is 70.1 Å². The molecule has 0 saturated heterocycles. The van der Waals surface area contributed by atoms with E-state index in [-0.39, 0.29) is 5.91 Å². The maximum atomic E-state index is 12.2. The van der Waals surface area contributed by atoms with Crippen molar-refractivity contribution in [1.29, 1.82) is 0 Å². The molecule has 0 saturated carbocycles. The van der Waals surface area contributed by atoms with Crippen molar-refractivity contribution < 1.29 is 4.79 Å². The van der Waals surface area contributed by atoms with Crippen LogP contribution in [0.15, 0.2) is 65.8 Å². The number of aromatic amines is 1. The molecule has 2 aromatic carbocycles. The number of rotatable bonds is 4. The number of amides is 1. The highest BCUT2D eigenvalue weighted by Crippen LogP contribution is 2.23. The Kier molecular flexibility index (Phi) is 4.33. The van der Waals surface area contributed by atoms with Gasteiger partial charge in [0.15, 0.2) is 0 Å². The van der Waals surface area contributed by atoms with Crippen LogP contribution in [0.4, 0.5) is 0 Å². The van der Waals surface area contributed by atoms with E-state index >= 15 is 0 Å². The van der Waals surface area contributed by atoms with E-state index in [4.69, 9.17) is 0 Å². The minimum Gasteiger partial charge on any atom is -0.272 e. The van der Waals surface area contributed by atoms with E-state index in [2.05, 4.69) is 38.9 Å². The summed E-state index contributed by atoms with van der Waals surface area (Å²) in [5.41, 5.74) is 4.56. The normalized spacial score (nSPS) is 11.3. The van der Waals surface area contributed by atoms with Crippen LogP contribution in [-0.2, 0) is 0 Å². The van der Waals surface area contributed by atoms with Gasteiger partial charge in [0, 0.05) is 15.3 Å². The lowest BCUT2D eigenvalue weighted by molar-refractivity contribution is 0.0950. The molecular weight excluding hydrogens is 344 g/mol. The van der Waals surface area contributed by atoms with Gasteiger partial charge < -0.3 is 0 Å². The molecular formula is C20H16N4OS. The Hall–Kier alpha value is -3.25. The number of thiophene rings is 1. The van der Waals surface area contributed by atoms with Crippen LogP contribution >= 0.6 is 11.3 Å². The highest BCUT2D eigenvalue weighted by atomic mass is 32.1. The van der Waals surface area contributed by atoms with Crippen LogP contribution in [0, 0.1) is 6.92 Å². The third-order valence-electron chi connectivity index (χ3n) is 3.99. The fourth-order valence-electron chi connectivity index (χ4n) is 2.67. The molecule has 0 unspecified atom stereocenters. The van der Waals surface area contributed by atoms with Gasteiger partial charge in [-0.05, 0) is 42.0 Å². The molecule has 0 fully saturated rings. The van der Waals surface area contributed by atoms with Gasteiger partial charge in [-0.25, -0.2) is 5.43 Å². The van der Waals surface area contributed by atoms with Gasteiger partial charge in [0.25, 0.3) is 5.91 Å². The van der Waals surface area contributed by atoms with E-state index < -0.39 is 0 Å². The second kappa shape index (κ2) is 6.93. The van der Waals surface area contributed by atoms with Gasteiger partial charge in [-0.1, -0.05) is 36.4 Å². The summed E-state index contributed by atoms with van der Waals surface area (Å²) in [6.45, 7) is 2.03. The van der Waals surface area contributed by atoms with Crippen molar-refractivity contribution in [1.82, 2.24) is 15.6 Å². The molecule has 0 aliphatic rings. The highest BCUT2D eigenvalue weighted by Gasteiger charge is 2.10. The van der Waals surface area contributed by atoms with Crippen molar-refractivity contribution in [3.05, 3.63) is 76.1 Å². The summed E-state index contributed by atoms with van der Waals surface area (Å²) in [5, 5.41) is 13.3. The van der Waals surface area contributed by atoms with Gasteiger partial charge >= 0.3 is 0 Å². The summed E-state index contributed by atoms with van der Waals surface area (Å²) >= 11 is 1.62. The van der Waals surface area contributed by atoms with Crippen LogP contribution in [0.2, 0.25) is 0 Å². The number of H-pyrrole nitrogens is 1. The van der Waals surface area contributed by atoms with Gasteiger partial charge in [0.2, 0.25) is 0 Å². The third-order valence-corrected chi connectivity index (χ3v) is 4.92. The number of benzene rings is 2. The number of hydrogen-bond acceptors (Lipinski definition) is 4. The lowest BCUT2D eigenvalue weighted by Gasteiger charge is -2.00. The van der Waals surface area contributed by atoms with Crippen LogP contribution < -0.4 is 5.43 Å². The minimum atomic E-state index is -0.325. The van der Waals surface area contributed by atoms with Crippen molar-refractivity contribution in [2.75, 3.05) is 0 Å². The Labute approximate surface area is 154 Å². The van der Waals surface area contributed by atoms with E-state index in [1.807, 2.05) is 43.3 Å². The molecule has 5 nitrogen and oxygen atoms in total. The van der Waals surface area contributed by atoms with Gasteiger partial charge in [0.1, 0.15) is 5.69 Å². The number of nitrogens with zero attached hydrogens (tertiary/aromatic N) is 2. The summed E-state index contributed by atoms with van der Waals surface area (Å²) in [5.74, 6) is -0.325. The Balaban J connectivity index is 1.49. The zero-order chi connectivity index (χ0) is 17.9. The average Bonchev–Trinajstić information content (AvgIpc) is 3.30. The summed E-state index contributed by atoms with van der Waals surface area (Å²) in [6.07, 6.45) is 1.64. The smallest absolute Gasteiger partial charge is 0.272 e. The average molecular weight is 360 g/mol. The lowest BCUT2D eigenvalue weighted by atomic mass is 10.1. The van der Waals surface area contributed by atoms with Crippen LogP contribution in [-0.4, -0.2) is 22.3 Å². The molecule has 2 aromatic heterocycles. The van der Waals surface area contributed by atoms with Crippen LogP contribution in [0.25, 0.3) is 22.0 Å². The van der Waals surface area contributed by atoms with E-state index in [0.717, 1.165) is 21.5 Å². The molecule has 6 heteroatoms. The third kappa shape index (κ3) is 3.41. The predicted octanol–water partition coefficient (Wildman–Crippen LogP) is 4.36. The number of aromatic nitrogens is 2. The number of aryl methyl sites for hydroxylation is 1. The molecule has 128 valence electrons. The predicted molar refractivity (Wildman–Crippen MR) is 106 cm³/mol. The van der Waals surface area contributed by atoms with Gasteiger partial charge in [-0.15, -0.1) is 11.3 Å². The second-order valence-corrected chi connectivity index (χ2v) is 7.20. The van der Waals surface area contributed by atoms with E-state index in [0.29, 0.717) is 5.69 Å². The van der Waals surface area contributed by atoms with Gasteiger partial charge in [-0.2, -0.15) is 10.2 Å². The number of hydrogen-bond donors (Lipinski definition) is 2. The van der Waals surface area contributed by atoms with Crippen molar-refractivity contribution >= 4 is 34.2 Å². The molecule has 0 spiro atoms. The first-order chi connectivity index (χ1) is 12.7. The molecule has 0 atom stereocenters. The number of carbonyl (C=O) groups is 1. The fraction of sp³-hybridized carbons (Fsp3) is 0.0500. The molecule has 2 heterocycles. The Morgan fingerprint density at radius 3 is 2.77 bits per heavy atom. The summed E-state index contributed by atoms with van der Waals surface area (Å²) < 4.78 is 0. The Bertz CT molecular complexity index is 1110. The first-order valence-corrected chi connectivity index (χ1v) is 8.95. The largest absolute Gasteiger partial charge is 0.289 e. The van der Waals surface area contributed by atoms with E-state index in [1.165, 1.54) is 10.3 Å². The van der Waals surface area contributed by atoms with E-state index in [9.17, 15) is 4.79 Å². The minimum absolute atomic E-state index is 0.325. The van der Waals surface area contributed by atoms with Crippen molar-refractivity contribution in [2.24, 2.45) is 5.10 Å². The molecule has 26 heavy (non-hydrogen) atoms. The quantitative estimate of drug-likeness (QED) is 0.419. The lowest BCUT2D eigenvalue weighted by Crippen LogP contribution is -2.17. The van der Waals surface area contributed by atoms with Crippen LogP contribution in [0.5, 0.6) is 0 Å². The molecule has 0 radical (unpaired) electrons. The zero-order valence-electron chi connectivity index (χ0n) is 14.1. The number of nitrogens with one attached hydrogen (secondary N) is 2. The monoisotopic (exact) mass is 360 g/mol. The van der Waals surface area contributed by atoms with Crippen LogP contribution in [0.1, 0.15) is 20.2 Å². The Morgan fingerprint density at radius 1 is 1.12 bits per heavy atom. The maximum absolute atomic E-state index is 12.2.